The highest BCUT2D eigenvalue weighted by molar-refractivity contribution is 7.09. The summed E-state index contributed by atoms with van der Waals surface area (Å²) in [6, 6.07) is 5.70. The highest BCUT2D eigenvalue weighted by Crippen LogP contribution is 2.34. The van der Waals surface area contributed by atoms with Gasteiger partial charge in [0.25, 0.3) is 5.91 Å². The molecule has 0 saturated heterocycles. The van der Waals surface area contributed by atoms with Crippen molar-refractivity contribution in [1.82, 2.24) is 4.98 Å². The average molecular weight is 297 g/mol. The van der Waals surface area contributed by atoms with Crippen molar-refractivity contribution in [2.45, 2.75) is 20.0 Å². The Morgan fingerprint density at radius 1 is 1.42 bits per heavy atom. The summed E-state index contributed by atoms with van der Waals surface area (Å²) in [5.41, 5.74) is 2.66. The van der Waals surface area contributed by atoms with Gasteiger partial charge in [-0.15, -0.1) is 23.7 Å². The number of carbonyl (C=O) groups is 1. The number of nitrogens with zero attached hydrogens (tertiary/aromatic N) is 1. The lowest BCUT2D eigenvalue weighted by Crippen LogP contribution is -2.34. The molecule has 19 heavy (non-hydrogen) atoms. The third kappa shape index (κ3) is 2.57. The maximum atomic E-state index is 11.5. The van der Waals surface area contributed by atoms with E-state index >= 15 is 0 Å². The summed E-state index contributed by atoms with van der Waals surface area (Å²) in [5, 5.41) is 5.86. The van der Waals surface area contributed by atoms with Gasteiger partial charge in [-0.05, 0) is 26.0 Å². The Labute approximate surface area is 121 Å². The molecule has 0 aliphatic carbocycles. The van der Waals surface area contributed by atoms with Crippen LogP contribution in [0.5, 0.6) is 5.75 Å². The van der Waals surface area contributed by atoms with Gasteiger partial charge in [0.1, 0.15) is 5.75 Å². The molecule has 3 rings (SSSR count). The minimum atomic E-state index is -0.454. The van der Waals surface area contributed by atoms with Gasteiger partial charge in [0.05, 0.1) is 16.4 Å². The molecular weight excluding hydrogens is 284 g/mol. The zero-order valence-corrected chi connectivity index (χ0v) is 12.1. The van der Waals surface area contributed by atoms with E-state index in [1.807, 2.05) is 30.5 Å². The summed E-state index contributed by atoms with van der Waals surface area (Å²) in [7, 11) is 0. The number of carbonyl (C=O) groups excluding carboxylic acids is 1. The van der Waals surface area contributed by atoms with E-state index in [9.17, 15) is 4.79 Å². The topological polar surface area (TPSA) is 51.2 Å². The average Bonchev–Trinajstić information content (AvgIpc) is 2.77. The lowest BCUT2D eigenvalue weighted by molar-refractivity contribution is -0.122. The molecule has 0 radical (unpaired) electrons. The summed E-state index contributed by atoms with van der Waals surface area (Å²) in [6.45, 7) is 3.71. The first kappa shape index (κ1) is 13.8. The fourth-order valence-corrected chi connectivity index (χ4v) is 2.48. The lowest BCUT2D eigenvalue weighted by Gasteiger charge is -2.23. The van der Waals surface area contributed by atoms with E-state index in [0.717, 1.165) is 16.3 Å². The predicted molar refractivity (Wildman–Crippen MR) is 78.3 cm³/mol. The number of anilines is 1. The molecule has 1 unspecified atom stereocenters. The summed E-state index contributed by atoms with van der Waals surface area (Å²) >= 11 is 1.62. The van der Waals surface area contributed by atoms with Crippen molar-refractivity contribution in [2.75, 3.05) is 5.32 Å². The van der Waals surface area contributed by atoms with E-state index in [0.29, 0.717) is 11.4 Å². The smallest absolute Gasteiger partial charge is 0.265 e. The number of aryl methyl sites for hydroxylation is 1. The number of halogens is 1. The van der Waals surface area contributed by atoms with E-state index < -0.39 is 6.10 Å². The second-order valence-electron chi connectivity index (χ2n) is 4.21. The monoisotopic (exact) mass is 296 g/mol. The zero-order chi connectivity index (χ0) is 12.7. The number of fused-ring (bicyclic) bond motifs is 1. The number of aromatic nitrogens is 1. The van der Waals surface area contributed by atoms with Crippen molar-refractivity contribution in [2.24, 2.45) is 0 Å². The molecular formula is C13H13ClN2O2S. The predicted octanol–water partition coefficient (Wildman–Crippen LogP) is 3.26. The third-order valence-electron chi connectivity index (χ3n) is 2.83. The molecule has 1 aromatic heterocycles. The van der Waals surface area contributed by atoms with Crippen molar-refractivity contribution in [3.8, 4) is 17.0 Å². The van der Waals surface area contributed by atoms with Gasteiger partial charge in [0, 0.05) is 10.9 Å². The van der Waals surface area contributed by atoms with Crippen molar-refractivity contribution in [3.05, 3.63) is 28.6 Å². The maximum absolute atomic E-state index is 11.5. The number of rotatable bonds is 1. The summed E-state index contributed by atoms with van der Waals surface area (Å²) in [6.07, 6.45) is -0.454. The second-order valence-corrected chi connectivity index (χ2v) is 5.27. The van der Waals surface area contributed by atoms with Gasteiger partial charge in [-0.2, -0.15) is 0 Å². The van der Waals surface area contributed by atoms with Gasteiger partial charge in [0.2, 0.25) is 0 Å². The first-order valence-electron chi connectivity index (χ1n) is 5.67. The summed E-state index contributed by atoms with van der Waals surface area (Å²) in [5.74, 6) is 0.588. The van der Waals surface area contributed by atoms with Gasteiger partial charge in [-0.3, -0.25) is 4.79 Å². The van der Waals surface area contributed by atoms with Crippen molar-refractivity contribution < 1.29 is 9.53 Å². The maximum Gasteiger partial charge on any atom is 0.265 e. The molecule has 0 spiro atoms. The first-order chi connectivity index (χ1) is 8.63. The summed E-state index contributed by atoms with van der Waals surface area (Å²) < 4.78 is 5.58. The fraction of sp³-hybridized carbons (Fsp3) is 0.231. The van der Waals surface area contributed by atoms with Gasteiger partial charge in [-0.1, -0.05) is 6.07 Å². The van der Waals surface area contributed by atoms with Crippen LogP contribution in [-0.2, 0) is 4.79 Å². The van der Waals surface area contributed by atoms with Crippen LogP contribution in [-0.4, -0.2) is 17.0 Å². The largest absolute Gasteiger partial charge is 0.479 e. The van der Waals surface area contributed by atoms with Crippen LogP contribution in [0.3, 0.4) is 0 Å². The Kier molecular flexibility index (Phi) is 3.78. The zero-order valence-electron chi connectivity index (χ0n) is 10.5. The molecule has 0 fully saturated rings. The Morgan fingerprint density at radius 3 is 2.89 bits per heavy atom. The Bertz CT molecular complexity index is 627. The number of hydrogen-bond acceptors (Lipinski definition) is 4. The SMILES string of the molecule is Cc1nc(-c2ccc3c(c2)OC(C)C(=O)N3)cs1.Cl. The molecule has 100 valence electrons. The molecule has 2 aromatic rings. The molecule has 1 atom stereocenters. The number of ether oxygens (including phenoxy) is 1. The third-order valence-corrected chi connectivity index (χ3v) is 3.60. The Balaban J connectivity index is 0.00000133. The van der Waals surface area contributed by atoms with Gasteiger partial charge in [-0.25, -0.2) is 4.98 Å². The van der Waals surface area contributed by atoms with Crippen LogP contribution in [0, 0.1) is 6.92 Å². The van der Waals surface area contributed by atoms with Crippen molar-refractivity contribution in [1.29, 1.82) is 0 Å². The van der Waals surface area contributed by atoms with Crippen LogP contribution in [0.15, 0.2) is 23.6 Å². The van der Waals surface area contributed by atoms with E-state index in [2.05, 4.69) is 10.3 Å². The minimum absolute atomic E-state index is 0. The highest BCUT2D eigenvalue weighted by Gasteiger charge is 2.23. The number of hydrogen-bond donors (Lipinski definition) is 1. The van der Waals surface area contributed by atoms with Crippen LogP contribution >= 0.6 is 23.7 Å². The molecule has 6 heteroatoms. The molecule has 1 amide bonds. The van der Waals surface area contributed by atoms with E-state index in [1.165, 1.54) is 0 Å². The molecule has 0 bridgehead atoms. The molecule has 1 aliphatic heterocycles. The Morgan fingerprint density at radius 2 is 2.21 bits per heavy atom. The van der Waals surface area contributed by atoms with Crippen LogP contribution in [0.25, 0.3) is 11.3 Å². The second kappa shape index (κ2) is 5.19. The molecule has 1 aromatic carbocycles. The van der Waals surface area contributed by atoms with Gasteiger partial charge >= 0.3 is 0 Å². The number of amides is 1. The fourth-order valence-electron chi connectivity index (χ4n) is 1.86. The van der Waals surface area contributed by atoms with Crippen molar-refractivity contribution >= 4 is 35.3 Å². The normalized spacial score (nSPS) is 16.9. The molecule has 2 heterocycles. The van der Waals surface area contributed by atoms with Crippen LogP contribution in [0.2, 0.25) is 0 Å². The number of benzene rings is 1. The summed E-state index contributed by atoms with van der Waals surface area (Å²) in [4.78, 5) is 15.9. The van der Waals surface area contributed by atoms with Gasteiger partial charge in [0.15, 0.2) is 6.10 Å². The standard InChI is InChI=1S/C13H12N2O2S.ClH/c1-7-13(16)15-10-4-3-9(5-12(10)17-7)11-6-18-8(2)14-11;/h3-7H,1-2H3,(H,15,16);1H. The number of nitrogens with one attached hydrogen (secondary N) is 1. The lowest BCUT2D eigenvalue weighted by atomic mass is 10.1. The number of thiazole rings is 1. The van der Waals surface area contributed by atoms with Crippen LogP contribution < -0.4 is 10.1 Å². The highest BCUT2D eigenvalue weighted by atomic mass is 35.5. The van der Waals surface area contributed by atoms with Gasteiger partial charge < -0.3 is 10.1 Å². The van der Waals surface area contributed by atoms with Crippen molar-refractivity contribution in [3.63, 3.8) is 0 Å². The molecule has 4 nitrogen and oxygen atoms in total. The first-order valence-corrected chi connectivity index (χ1v) is 6.55. The molecule has 1 N–H and O–H groups in total. The molecule has 1 aliphatic rings. The quantitative estimate of drug-likeness (QED) is 0.879. The van der Waals surface area contributed by atoms with E-state index in [4.69, 9.17) is 4.74 Å². The van der Waals surface area contributed by atoms with E-state index in [1.54, 1.807) is 18.3 Å². The Hall–Kier alpha value is -1.59. The van der Waals surface area contributed by atoms with E-state index in [-0.39, 0.29) is 18.3 Å². The minimum Gasteiger partial charge on any atom is -0.479 e. The van der Waals surface area contributed by atoms with Crippen LogP contribution in [0.4, 0.5) is 5.69 Å². The molecule has 0 saturated carbocycles. The van der Waals surface area contributed by atoms with Crippen LogP contribution in [0.1, 0.15) is 11.9 Å².